The topological polar surface area (TPSA) is 83.6 Å². The van der Waals surface area contributed by atoms with Crippen molar-refractivity contribution >= 4 is 44.5 Å². The summed E-state index contributed by atoms with van der Waals surface area (Å²) in [4.78, 5) is 27.2. The Morgan fingerprint density at radius 1 is 1.25 bits per heavy atom. The molecular formula is C15H16N2O4S3. The van der Waals surface area contributed by atoms with Crippen LogP contribution >= 0.6 is 22.7 Å². The first kappa shape index (κ1) is 17.1. The van der Waals surface area contributed by atoms with E-state index < -0.39 is 21.5 Å². The lowest BCUT2D eigenvalue weighted by molar-refractivity contribution is -0.135. The number of carbonyl (C=O) groups is 2. The Hall–Kier alpha value is -1.71. The molecule has 2 amide bonds. The summed E-state index contributed by atoms with van der Waals surface area (Å²) < 4.78 is 26.6. The van der Waals surface area contributed by atoms with Gasteiger partial charge in [-0.25, -0.2) is 13.1 Å². The molecular weight excluding hydrogens is 368 g/mol. The standard InChI is InChI=1S/C15H16N2O4S3/c1-10-5-9-23-12(10)13(18)17-7-6-15(17,2)14(19)16-24(20,21)11-4-3-8-22-11/h3-5,8-9H,6-7H2,1-2H3,(H,16,19). The summed E-state index contributed by atoms with van der Waals surface area (Å²) in [6.45, 7) is 3.86. The van der Waals surface area contributed by atoms with Crippen molar-refractivity contribution in [3.05, 3.63) is 39.4 Å². The maximum atomic E-state index is 12.6. The first-order valence-electron chi connectivity index (χ1n) is 7.22. The number of nitrogens with zero attached hydrogens (tertiary/aromatic N) is 1. The van der Waals surface area contributed by atoms with Gasteiger partial charge in [-0.3, -0.25) is 9.59 Å². The number of hydrogen-bond acceptors (Lipinski definition) is 6. The van der Waals surface area contributed by atoms with E-state index in [-0.39, 0.29) is 10.1 Å². The maximum absolute atomic E-state index is 12.6. The minimum Gasteiger partial charge on any atom is -0.323 e. The molecule has 24 heavy (non-hydrogen) atoms. The third-order valence-corrected chi connectivity index (χ3v) is 7.93. The van der Waals surface area contributed by atoms with Crippen molar-refractivity contribution in [2.75, 3.05) is 6.54 Å². The van der Waals surface area contributed by atoms with Crippen molar-refractivity contribution in [1.29, 1.82) is 0 Å². The fourth-order valence-corrected chi connectivity index (χ4v) is 5.48. The van der Waals surface area contributed by atoms with Gasteiger partial charge in [0.1, 0.15) is 9.75 Å². The van der Waals surface area contributed by atoms with E-state index in [4.69, 9.17) is 0 Å². The highest BCUT2D eigenvalue weighted by atomic mass is 32.2. The van der Waals surface area contributed by atoms with Crippen LogP contribution < -0.4 is 4.72 Å². The highest BCUT2D eigenvalue weighted by Gasteiger charge is 2.51. The number of nitrogens with one attached hydrogen (secondary N) is 1. The van der Waals surface area contributed by atoms with Gasteiger partial charge in [-0.2, -0.15) is 0 Å². The fraction of sp³-hybridized carbons (Fsp3) is 0.333. The Morgan fingerprint density at radius 2 is 2.00 bits per heavy atom. The highest BCUT2D eigenvalue weighted by molar-refractivity contribution is 7.92. The van der Waals surface area contributed by atoms with Gasteiger partial charge in [0.2, 0.25) is 0 Å². The molecule has 1 aliphatic rings. The van der Waals surface area contributed by atoms with Crippen LogP contribution in [-0.4, -0.2) is 37.2 Å². The summed E-state index contributed by atoms with van der Waals surface area (Å²) in [6.07, 6.45) is 0.426. The Kier molecular flexibility index (Phi) is 4.27. The van der Waals surface area contributed by atoms with Crippen molar-refractivity contribution in [3.8, 4) is 0 Å². The van der Waals surface area contributed by atoms with Crippen LogP contribution in [0.5, 0.6) is 0 Å². The molecule has 0 spiro atoms. The van der Waals surface area contributed by atoms with Crippen LogP contribution in [0.1, 0.15) is 28.6 Å². The molecule has 0 radical (unpaired) electrons. The molecule has 128 valence electrons. The summed E-state index contributed by atoms with van der Waals surface area (Å²) in [6, 6.07) is 4.88. The summed E-state index contributed by atoms with van der Waals surface area (Å²) >= 11 is 2.35. The molecule has 1 aliphatic heterocycles. The van der Waals surface area contributed by atoms with Gasteiger partial charge in [0.05, 0.1) is 4.88 Å². The summed E-state index contributed by atoms with van der Waals surface area (Å²) in [5, 5.41) is 3.44. The minimum atomic E-state index is -3.90. The van der Waals surface area contributed by atoms with E-state index in [9.17, 15) is 18.0 Å². The third kappa shape index (κ3) is 2.76. The Morgan fingerprint density at radius 3 is 2.50 bits per heavy atom. The second-order valence-corrected chi connectivity index (χ2v) is 9.55. The number of thiophene rings is 2. The number of hydrogen-bond donors (Lipinski definition) is 1. The van der Waals surface area contributed by atoms with Crippen LogP contribution in [0.25, 0.3) is 0 Å². The van der Waals surface area contributed by atoms with Crippen LogP contribution in [0.2, 0.25) is 0 Å². The van der Waals surface area contributed by atoms with Crippen LogP contribution in [0.3, 0.4) is 0 Å². The van der Waals surface area contributed by atoms with Gasteiger partial charge in [-0.1, -0.05) is 6.07 Å². The molecule has 9 heteroatoms. The van der Waals surface area contributed by atoms with Crippen LogP contribution in [0.4, 0.5) is 0 Å². The number of sulfonamides is 1. The molecule has 3 heterocycles. The summed E-state index contributed by atoms with van der Waals surface area (Å²) in [5.41, 5.74) is -0.302. The van der Waals surface area contributed by atoms with Gasteiger partial charge >= 0.3 is 0 Å². The lowest BCUT2D eigenvalue weighted by Gasteiger charge is -2.48. The second kappa shape index (κ2) is 5.98. The zero-order valence-corrected chi connectivity index (χ0v) is 15.6. The van der Waals surface area contributed by atoms with Crippen molar-refractivity contribution in [1.82, 2.24) is 9.62 Å². The van der Waals surface area contributed by atoms with E-state index in [2.05, 4.69) is 4.72 Å². The number of rotatable bonds is 4. The SMILES string of the molecule is Cc1ccsc1C(=O)N1CCC1(C)C(=O)NS(=O)(=O)c1cccs1. The largest absolute Gasteiger partial charge is 0.323 e. The quantitative estimate of drug-likeness (QED) is 0.876. The van der Waals surface area contributed by atoms with Crippen molar-refractivity contribution in [2.45, 2.75) is 30.0 Å². The predicted octanol–water partition coefficient (Wildman–Crippen LogP) is 2.23. The zero-order chi connectivity index (χ0) is 17.5. The number of carbonyl (C=O) groups excluding carboxylic acids is 2. The number of amides is 2. The molecule has 0 bridgehead atoms. The van der Waals surface area contributed by atoms with Crippen molar-refractivity contribution in [2.24, 2.45) is 0 Å². The van der Waals surface area contributed by atoms with Crippen LogP contribution in [-0.2, 0) is 14.8 Å². The van der Waals surface area contributed by atoms with E-state index >= 15 is 0 Å². The lowest BCUT2D eigenvalue weighted by atomic mass is 9.85. The van der Waals surface area contributed by atoms with Crippen LogP contribution in [0.15, 0.2) is 33.2 Å². The van der Waals surface area contributed by atoms with E-state index in [1.54, 1.807) is 18.4 Å². The number of aryl methyl sites for hydroxylation is 1. The molecule has 3 rings (SSSR count). The third-order valence-electron chi connectivity index (χ3n) is 4.20. The highest BCUT2D eigenvalue weighted by Crippen LogP contribution is 2.34. The van der Waals surface area contributed by atoms with E-state index in [0.29, 0.717) is 17.8 Å². The van der Waals surface area contributed by atoms with Gasteiger partial charge in [0, 0.05) is 6.54 Å². The first-order chi connectivity index (χ1) is 11.3. The Labute approximate surface area is 148 Å². The molecule has 1 N–H and O–H groups in total. The fourth-order valence-electron chi connectivity index (χ4n) is 2.53. The van der Waals surface area contributed by atoms with Gasteiger partial charge < -0.3 is 4.90 Å². The smallest absolute Gasteiger partial charge is 0.273 e. The molecule has 2 aromatic heterocycles. The molecule has 0 aromatic carbocycles. The van der Waals surface area contributed by atoms with Gasteiger partial charge in [-0.15, -0.1) is 22.7 Å². The average Bonchev–Trinajstić information content (AvgIpc) is 3.15. The van der Waals surface area contributed by atoms with E-state index in [1.807, 2.05) is 18.4 Å². The molecule has 1 unspecified atom stereocenters. The van der Waals surface area contributed by atoms with Crippen LogP contribution in [0, 0.1) is 6.92 Å². The first-order valence-corrected chi connectivity index (χ1v) is 10.5. The Balaban J connectivity index is 1.80. The van der Waals surface area contributed by atoms with Crippen molar-refractivity contribution in [3.63, 3.8) is 0 Å². The minimum absolute atomic E-state index is 0.0748. The number of likely N-dealkylation sites (tertiary alicyclic amines) is 1. The molecule has 1 saturated heterocycles. The molecule has 2 aromatic rings. The molecule has 0 saturated carbocycles. The predicted molar refractivity (Wildman–Crippen MR) is 92.8 cm³/mol. The van der Waals surface area contributed by atoms with Gasteiger partial charge in [0.15, 0.2) is 0 Å². The van der Waals surface area contributed by atoms with Crippen molar-refractivity contribution < 1.29 is 18.0 Å². The normalized spacial score (nSPS) is 20.5. The zero-order valence-electron chi connectivity index (χ0n) is 13.1. The molecule has 1 fully saturated rings. The summed E-state index contributed by atoms with van der Waals surface area (Å²) in [7, 11) is -3.90. The maximum Gasteiger partial charge on any atom is 0.273 e. The molecule has 1 atom stereocenters. The lowest BCUT2D eigenvalue weighted by Crippen LogP contribution is -2.67. The monoisotopic (exact) mass is 384 g/mol. The average molecular weight is 385 g/mol. The van der Waals surface area contributed by atoms with E-state index in [0.717, 1.165) is 16.9 Å². The van der Waals surface area contributed by atoms with Gasteiger partial charge in [-0.05, 0) is 48.7 Å². The second-order valence-electron chi connectivity index (χ2n) is 5.78. The van der Waals surface area contributed by atoms with E-state index in [1.165, 1.54) is 22.3 Å². The van der Waals surface area contributed by atoms with Gasteiger partial charge in [0.25, 0.3) is 21.8 Å². The molecule has 6 nitrogen and oxygen atoms in total. The molecule has 0 aliphatic carbocycles. The Bertz CT molecular complexity index is 886. The summed E-state index contributed by atoms with van der Waals surface area (Å²) in [5.74, 6) is -0.912.